The first-order valence-electron chi connectivity index (χ1n) is 10.1. The molecule has 0 bridgehead atoms. The zero-order valence-corrected chi connectivity index (χ0v) is 17.8. The Morgan fingerprint density at radius 3 is 2.47 bits per heavy atom. The summed E-state index contributed by atoms with van der Waals surface area (Å²) in [6, 6.07) is 10.9. The summed E-state index contributed by atoms with van der Waals surface area (Å²) < 4.78 is 5.40. The van der Waals surface area contributed by atoms with E-state index in [1.54, 1.807) is 23.2 Å². The molecule has 2 saturated heterocycles. The molecule has 30 heavy (non-hydrogen) atoms. The van der Waals surface area contributed by atoms with Gasteiger partial charge in [0.15, 0.2) is 5.78 Å². The molecule has 0 radical (unpaired) electrons. The molecule has 158 valence electrons. The van der Waals surface area contributed by atoms with Gasteiger partial charge in [-0.05, 0) is 42.6 Å². The normalized spacial score (nSPS) is 19.8. The number of morpholine rings is 1. The highest BCUT2D eigenvalue weighted by Crippen LogP contribution is 2.21. The molecule has 3 heterocycles. The molecule has 2 aliphatic heterocycles. The summed E-state index contributed by atoms with van der Waals surface area (Å²) in [4.78, 5) is 43.8. The number of nitrogens with zero attached hydrogens (tertiary/aromatic N) is 3. The molecule has 0 N–H and O–H groups in total. The molecule has 2 aliphatic rings. The van der Waals surface area contributed by atoms with Crippen LogP contribution < -0.4 is 4.90 Å². The van der Waals surface area contributed by atoms with E-state index in [1.165, 1.54) is 0 Å². The lowest BCUT2D eigenvalue weighted by molar-refractivity contribution is -0.160. The molecule has 0 spiro atoms. The maximum absolute atomic E-state index is 13.2. The Hall–Kier alpha value is -2.71. The highest BCUT2D eigenvalue weighted by molar-refractivity contribution is 7.09. The predicted octanol–water partition coefficient (Wildman–Crippen LogP) is 2.03. The Labute approximate surface area is 179 Å². The second-order valence-electron chi connectivity index (χ2n) is 7.55. The maximum Gasteiger partial charge on any atom is 0.249 e. The van der Waals surface area contributed by atoms with E-state index in [0.717, 1.165) is 10.6 Å². The first-order chi connectivity index (χ1) is 14.5. The highest BCUT2D eigenvalue weighted by Gasteiger charge is 2.37. The number of amides is 2. The predicted molar refractivity (Wildman–Crippen MR) is 115 cm³/mol. The fourth-order valence-electron chi connectivity index (χ4n) is 3.88. The molecular formula is C22H25N3O4S. The smallest absolute Gasteiger partial charge is 0.249 e. The lowest BCUT2D eigenvalue weighted by Crippen LogP contribution is -2.59. The van der Waals surface area contributed by atoms with E-state index in [2.05, 4.69) is 4.90 Å². The van der Waals surface area contributed by atoms with Crippen LogP contribution in [0.25, 0.3) is 0 Å². The van der Waals surface area contributed by atoms with Crippen molar-refractivity contribution in [1.29, 1.82) is 0 Å². The van der Waals surface area contributed by atoms with Gasteiger partial charge in [0.1, 0.15) is 12.6 Å². The van der Waals surface area contributed by atoms with Gasteiger partial charge in [0.05, 0.1) is 13.2 Å². The molecule has 8 heteroatoms. The Morgan fingerprint density at radius 2 is 1.83 bits per heavy atom. The molecule has 1 atom stereocenters. The van der Waals surface area contributed by atoms with E-state index < -0.39 is 6.04 Å². The summed E-state index contributed by atoms with van der Waals surface area (Å²) in [5.74, 6) is -0.142. The second kappa shape index (κ2) is 8.97. The van der Waals surface area contributed by atoms with Gasteiger partial charge < -0.3 is 19.4 Å². The van der Waals surface area contributed by atoms with Gasteiger partial charge in [-0.3, -0.25) is 14.4 Å². The van der Waals surface area contributed by atoms with Crippen molar-refractivity contribution >= 4 is 34.6 Å². The average Bonchev–Trinajstić information content (AvgIpc) is 3.28. The second-order valence-corrected chi connectivity index (χ2v) is 8.58. The van der Waals surface area contributed by atoms with Gasteiger partial charge in [-0.15, -0.1) is 11.3 Å². The van der Waals surface area contributed by atoms with Crippen molar-refractivity contribution in [3.05, 3.63) is 52.2 Å². The monoisotopic (exact) mass is 427 g/mol. The summed E-state index contributed by atoms with van der Waals surface area (Å²) in [7, 11) is 0. The third kappa shape index (κ3) is 4.39. The number of hydrogen-bond donors (Lipinski definition) is 0. The first kappa shape index (κ1) is 20.6. The molecule has 1 aromatic heterocycles. The number of hydrogen-bond acceptors (Lipinski definition) is 6. The Morgan fingerprint density at radius 1 is 1.10 bits per heavy atom. The van der Waals surface area contributed by atoms with Crippen molar-refractivity contribution in [2.24, 2.45) is 0 Å². The fourth-order valence-corrected chi connectivity index (χ4v) is 4.58. The molecule has 7 nitrogen and oxygen atoms in total. The third-order valence-electron chi connectivity index (χ3n) is 5.62. The topological polar surface area (TPSA) is 70.2 Å². The van der Waals surface area contributed by atoms with E-state index in [1.807, 2.05) is 46.7 Å². The number of ether oxygens (including phenoxy) is 1. The highest BCUT2D eigenvalue weighted by atomic mass is 32.1. The maximum atomic E-state index is 13.2. The number of Topliss-reactive ketones (excluding diaryl/α,β-unsaturated/α-hetero) is 1. The van der Waals surface area contributed by atoms with Crippen LogP contribution in [0.15, 0.2) is 41.8 Å². The lowest BCUT2D eigenvalue weighted by Gasteiger charge is -2.41. The van der Waals surface area contributed by atoms with Crippen LogP contribution in [0.4, 0.5) is 5.69 Å². The molecule has 4 rings (SSSR count). The Kier molecular flexibility index (Phi) is 6.15. The van der Waals surface area contributed by atoms with Crippen LogP contribution in [0.5, 0.6) is 0 Å². The first-order valence-corrected chi connectivity index (χ1v) is 11.0. The quantitative estimate of drug-likeness (QED) is 0.683. The summed E-state index contributed by atoms with van der Waals surface area (Å²) in [5, 5.41) is 1.97. The number of ketones is 1. The van der Waals surface area contributed by atoms with Crippen LogP contribution in [0.3, 0.4) is 0 Å². The SMILES string of the molecule is CC(=O)c1ccc(N2CCN(C(=O)C3COCC(=O)N3Cc3cccs3)CC2)cc1. The summed E-state index contributed by atoms with van der Waals surface area (Å²) in [6.07, 6.45) is 0. The van der Waals surface area contributed by atoms with Gasteiger partial charge in [-0.2, -0.15) is 0 Å². The number of anilines is 1. The Balaban J connectivity index is 1.39. The van der Waals surface area contributed by atoms with Crippen molar-refractivity contribution < 1.29 is 19.1 Å². The molecule has 2 aromatic rings. The van der Waals surface area contributed by atoms with Crippen LogP contribution >= 0.6 is 11.3 Å². The third-order valence-corrected chi connectivity index (χ3v) is 6.48. The summed E-state index contributed by atoms with van der Waals surface area (Å²) in [5.41, 5.74) is 1.74. The van der Waals surface area contributed by atoms with E-state index in [9.17, 15) is 14.4 Å². The van der Waals surface area contributed by atoms with Crippen molar-refractivity contribution in [3.8, 4) is 0 Å². The van der Waals surface area contributed by atoms with Gasteiger partial charge in [0, 0.05) is 42.3 Å². The summed E-state index contributed by atoms with van der Waals surface area (Å²) >= 11 is 1.58. The number of rotatable bonds is 5. The largest absolute Gasteiger partial charge is 0.369 e. The van der Waals surface area contributed by atoms with Gasteiger partial charge >= 0.3 is 0 Å². The molecule has 1 aromatic carbocycles. The molecular weight excluding hydrogens is 402 g/mol. The van der Waals surface area contributed by atoms with E-state index in [4.69, 9.17) is 4.74 Å². The van der Waals surface area contributed by atoms with Crippen LogP contribution in [-0.4, -0.2) is 72.8 Å². The number of piperazine rings is 1. The molecule has 2 fully saturated rings. The summed E-state index contributed by atoms with van der Waals surface area (Å²) in [6.45, 7) is 4.85. The van der Waals surface area contributed by atoms with E-state index >= 15 is 0 Å². The van der Waals surface area contributed by atoms with Gasteiger partial charge in [0.25, 0.3) is 0 Å². The van der Waals surface area contributed by atoms with Gasteiger partial charge in [0.2, 0.25) is 11.8 Å². The average molecular weight is 428 g/mol. The molecule has 2 amide bonds. The number of thiophene rings is 1. The Bertz CT molecular complexity index is 905. The van der Waals surface area contributed by atoms with Crippen LogP contribution in [0.2, 0.25) is 0 Å². The van der Waals surface area contributed by atoms with E-state index in [-0.39, 0.29) is 30.8 Å². The van der Waals surface area contributed by atoms with Crippen LogP contribution in [0, 0.1) is 0 Å². The van der Waals surface area contributed by atoms with Crippen molar-refractivity contribution in [1.82, 2.24) is 9.80 Å². The zero-order valence-electron chi connectivity index (χ0n) is 17.0. The van der Waals surface area contributed by atoms with E-state index in [0.29, 0.717) is 38.3 Å². The molecule has 1 unspecified atom stereocenters. The standard InChI is InChI=1S/C22H25N3O4S/c1-16(26)17-4-6-18(7-5-17)23-8-10-24(11-9-23)22(28)20-14-29-15-21(27)25(20)13-19-3-2-12-30-19/h2-7,12,20H,8-11,13-15H2,1H3. The number of carbonyl (C=O) groups is 3. The van der Waals surface area contributed by atoms with Gasteiger partial charge in [-0.25, -0.2) is 0 Å². The minimum Gasteiger partial charge on any atom is -0.369 e. The molecule has 0 saturated carbocycles. The van der Waals surface area contributed by atoms with Crippen molar-refractivity contribution in [3.63, 3.8) is 0 Å². The number of carbonyl (C=O) groups excluding carboxylic acids is 3. The fraction of sp³-hybridized carbons (Fsp3) is 0.409. The minimum atomic E-state index is -0.574. The van der Waals surface area contributed by atoms with Crippen molar-refractivity contribution in [2.45, 2.75) is 19.5 Å². The van der Waals surface area contributed by atoms with Crippen LogP contribution in [0.1, 0.15) is 22.2 Å². The minimum absolute atomic E-state index is 0.0270. The number of benzene rings is 1. The molecule has 0 aliphatic carbocycles. The zero-order chi connectivity index (χ0) is 21.1. The van der Waals surface area contributed by atoms with Crippen molar-refractivity contribution in [2.75, 3.05) is 44.3 Å². The lowest BCUT2D eigenvalue weighted by atomic mass is 10.1. The van der Waals surface area contributed by atoms with Gasteiger partial charge in [-0.1, -0.05) is 6.07 Å². The van der Waals surface area contributed by atoms with Crippen LogP contribution in [-0.2, 0) is 20.9 Å².